The molecule has 0 aliphatic rings. The van der Waals surface area contributed by atoms with E-state index in [2.05, 4.69) is 34.6 Å². The first-order valence-electron chi connectivity index (χ1n) is 22.8. The number of unbranched alkanes of at least 4 members (excludes halogenated alkanes) is 24. The fraction of sp³-hybridized carbons (Fsp3) is 0.935. The average Bonchev–Trinajstić information content (AvgIpc) is 3.12. The Balaban J connectivity index is 4.16. The summed E-state index contributed by atoms with van der Waals surface area (Å²) >= 11 is 0. The molecule has 6 nitrogen and oxygen atoms in total. The minimum Gasteiger partial charge on any atom is -0.462 e. The summed E-state index contributed by atoms with van der Waals surface area (Å²) in [4.78, 5) is 37.4. The van der Waals surface area contributed by atoms with Crippen LogP contribution < -0.4 is 0 Å². The Morgan fingerprint density at radius 1 is 0.404 bits per heavy atom. The zero-order valence-electron chi connectivity index (χ0n) is 35.4. The molecule has 0 aromatic carbocycles. The highest BCUT2D eigenvalue weighted by molar-refractivity contribution is 5.71. The van der Waals surface area contributed by atoms with Crippen molar-refractivity contribution in [1.29, 1.82) is 0 Å². The fourth-order valence-corrected chi connectivity index (χ4v) is 6.72. The normalized spacial score (nSPS) is 12.6. The van der Waals surface area contributed by atoms with Crippen LogP contribution in [0.5, 0.6) is 0 Å². The first-order valence-corrected chi connectivity index (χ1v) is 22.8. The Hall–Kier alpha value is -1.59. The van der Waals surface area contributed by atoms with Crippen molar-refractivity contribution in [3.63, 3.8) is 0 Å². The molecule has 0 amide bonds. The van der Waals surface area contributed by atoms with Crippen LogP contribution >= 0.6 is 0 Å². The first-order chi connectivity index (χ1) is 25.3. The van der Waals surface area contributed by atoms with Gasteiger partial charge in [-0.2, -0.15) is 0 Å². The largest absolute Gasteiger partial charge is 0.462 e. The number of esters is 3. The van der Waals surface area contributed by atoms with Gasteiger partial charge >= 0.3 is 17.9 Å². The molecular weight excluding hydrogens is 649 g/mol. The molecule has 6 heteroatoms. The van der Waals surface area contributed by atoms with Gasteiger partial charge in [0.25, 0.3) is 0 Å². The Bertz CT molecular complexity index is 796. The number of carbonyl (C=O) groups is 3. The molecule has 52 heavy (non-hydrogen) atoms. The van der Waals surface area contributed by atoms with E-state index in [9.17, 15) is 14.4 Å². The van der Waals surface area contributed by atoms with Crippen molar-refractivity contribution in [2.45, 2.75) is 253 Å². The minimum absolute atomic E-state index is 0.0664. The zero-order chi connectivity index (χ0) is 38.3. The third-order valence-electron chi connectivity index (χ3n) is 10.6. The van der Waals surface area contributed by atoms with Gasteiger partial charge in [-0.1, -0.05) is 208 Å². The van der Waals surface area contributed by atoms with Crippen molar-refractivity contribution in [3.8, 4) is 0 Å². The predicted molar refractivity (Wildman–Crippen MR) is 220 cm³/mol. The van der Waals surface area contributed by atoms with Crippen molar-refractivity contribution in [3.05, 3.63) is 0 Å². The summed E-state index contributed by atoms with van der Waals surface area (Å²) in [6.07, 6.45) is 36.9. The van der Waals surface area contributed by atoms with E-state index in [1.54, 1.807) is 0 Å². The molecule has 1 unspecified atom stereocenters. The molecule has 0 fully saturated rings. The second kappa shape index (κ2) is 39.1. The standard InChI is InChI=1S/C46H88O6/c1-6-8-9-24-31-36-44(47)50-39-43(40-51-45(48)37-32-27-22-19-18-20-25-29-34-41(3)4)52-46(49)38-33-28-23-17-15-13-11-10-12-14-16-21-26-30-35-42(5)7-2/h41-43H,6-40H2,1-5H3/t42?,43-/m0/s1. The Morgan fingerprint density at radius 3 is 1.10 bits per heavy atom. The fourth-order valence-electron chi connectivity index (χ4n) is 6.72. The van der Waals surface area contributed by atoms with Gasteiger partial charge in [-0.15, -0.1) is 0 Å². The Morgan fingerprint density at radius 2 is 0.731 bits per heavy atom. The van der Waals surface area contributed by atoms with Gasteiger partial charge in [-0.05, 0) is 31.1 Å². The van der Waals surface area contributed by atoms with Crippen LogP contribution in [0.3, 0.4) is 0 Å². The van der Waals surface area contributed by atoms with Crippen LogP contribution in [0, 0.1) is 11.8 Å². The van der Waals surface area contributed by atoms with Gasteiger partial charge in [0, 0.05) is 19.3 Å². The molecule has 0 rings (SSSR count). The van der Waals surface area contributed by atoms with Gasteiger partial charge < -0.3 is 14.2 Å². The van der Waals surface area contributed by atoms with Gasteiger partial charge in [0.05, 0.1) is 0 Å². The maximum absolute atomic E-state index is 12.7. The molecule has 0 aromatic rings. The summed E-state index contributed by atoms with van der Waals surface area (Å²) in [6.45, 7) is 11.3. The number of hydrogen-bond donors (Lipinski definition) is 0. The highest BCUT2D eigenvalue weighted by atomic mass is 16.6. The quantitative estimate of drug-likeness (QED) is 0.0354. The van der Waals surface area contributed by atoms with Crippen molar-refractivity contribution in [2.24, 2.45) is 11.8 Å². The molecule has 0 spiro atoms. The molecule has 0 bridgehead atoms. The third-order valence-corrected chi connectivity index (χ3v) is 10.6. The van der Waals surface area contributed by atoms with Crippen molar-refractivity contribution in [1.82, 2.24) is 0 Å². The highest BCUT2D eigenvalue weighted by Crippen LogP contribution is 2.17. The zero-order valence-corrected chi connectivity index (χ0v) is 35.4. The highest BCUT2D eigenvalue weighted by Gasteiger charge is 2.19. The lowest BCUT2D eigenvalue weighted by atomic mass is 9.99. The molecule has 0 N–H and O–H groups in total. The molecule has 2 atom stereocenters. The summed E-state index contributed by atoms with van der Waals surface area (Å²) in [7, 11) is 0. The first kappa shape index (κ1) is 50.4. The van der Waals surface area contributed by atoms with Gasteiger partial charge in [-0.25, -0.2) is 0 Å². The monoisotopic (exact) mass is 737 g/mol. The maximum Gasteiger partial charge on any atom is 0.306 e. The summed E-state index contributed by atoms with van der Waals surface area (Å²) in [5.41, 5.74) is 0. The lowest BCUT2D eigenvalue weighted by Crippen LogP contribution is -2.30. The van der Waals surface area contributed by atoms with Crippen molar-refractivity contribution < 1.29 is 28.6 Å². The molecule has 0 aromatic heterocycles. The summed E-state index contributed by atoms with van der Waals surface area (Å²) in [5, 5.41) is 0. The Labute approximate surface area is 323 Å². The topological polar surface area (TPSA) is 78.9 Å². The van der Waals surface area contributed by atoms with E-state index in [1.165, 1.54) is 128 Å². The van der Waals surface area contributed by atoms with E-state index in [4.69, 9.17) is 14.2 Å². The number of rotatable bonds is 40. The van der Waals surface area contributed by atoms with Crippen LogP contribution in [0.2, 0.25) is 0 Å². The summed E-state index contributed by atoms with van der Waals surface area (Å²) < 4.78 is 16.6. The SMILES string of the molecule is CCCCCCCC(=O)OC[C@@H](COC(=O)CCCCCCCCCCC(C)C)OC(=O)CCCCCCCCCCCCCCCCC(C)CC. The lowest BCUT2D eigenvalue weighted by molar-refractivity contribution is -0.167. The van der Waals surface area contributed by atoms with Crippen LogP contribution in [-0.2, 0) is 28.6 Å². The molecule has 0 saturated carbocycles. The van der Waals surface area contributed by atoms with E-state index in [0.717, 1.165) is 76.0 Å². The van der Waals surface area contributed by atoms with Crippen LogP contribution in [0.15, 0.2) is 0 Å². The van der Waals surface area contributed by atoms with Crippen LogP contribution in [0.25, 0.3) is 0 Å². The molecule has 308 valence electrons. The van der Waals surface area contributed by atoms with E-state index in [0.29, 0.717) is 19.3 Å². The van der Waals surface area contributed by atoms with E-state index in [1.807, 2.05) is 0 Å². The minimum atomic E-state index is -0.759. The molecular formula is C46H88O6. The molecule has 0 radical (unpaired) electrons. The van der Waals surface area contributed by atoms with Crippen LogP contribution in [0.1, 0.15) is 247 Å². The van der Waals surface area contributed by atoms with Gasteiger partial charge in [0.15, 0.2) is 6.10 Å². The van der Waals surface area contributed by atoms with Crippen LogP contribution in [0.4, 0.5) is 0 Å². The average molecular weight is 737 g/mol. The smallest absolute Gasteiger partial charge is 0.306 e. The molecule has 0 aliphatic carbocycles. The maximum atomic E-state index is 12.7. The Kier molecular flexibility index (Phi) is 37.9. The summed E-state index contributed by atoms with van der Waals surface area (Å²) in [6, 6.07) is 0. The van der Waals surface area contributed by atoms with Gasteiger partial charge in [0.2, 0.25) is 0 Å². The van der Waals surface area contributed by atoms with Gasteiger partial charge in [0.1, 0.15) is 13.2 Å². The predicted octanol–water partition coefficient (Wildman–Crippen LogP) is 14.2. The second-order valence-electron chi connectivity index (χ2n) is 16.4. The van der Waals surface area contributed by atoms with E-state index in [-0.39, 0.29) is 31.1 Å². The summed E-state index contributed by atoms with van der Waals surface area (Å²) in [5.74, 6) is 0.818. The van der Waals surface area contributed by atoms with E-state index >= 15 is 0 Å². The van der Waals surface area contributed by atoms with Gasteiger partial charge in [-0.3, -0.25) is 14.4 Å². The number of hydrogen-bond acceptors (Lipinski definition) is 6. The molecule has 0 heterocycles. The van der Waals surface area contributed by atoms with Crippen LogP contribution in [-0.4, -0.2) is 37.2 Å². The van der Waals surface area contributed by atoms with Crippen molar-refractivity contribution >= 4 is 17.9 Å². The van der Waals surface area contributed by atoms with E-state index < -0.39 is 6.10 Å². The number of ether oxygens (including phenoxy) is 3. The second-order valence-corrected chi connectivity index (χ2v) is 16.4. The molecule has 0 saturated heterocycles. The lowest BCUT2D eigenvalue weighted by Gasteiger charge is -2.18. The third kappa shape index (κ3) is 38.1. The van der Waals surface area contributed by atoms with Crippen molar-refractivity contribution in [2.75, 3.05) is 13.2 Å². The number of carbonyl (C=O) groups excluding carboxylic acids is 3. The molecule has 0 aliphatic heterocycles.